The molecule has 0 fully saturated rings. The van der Waals surface area contributed by atoms with Gasteiger partial charge >= 0.3 is 0 Å². The van der Waals surface area contributed by atoms with Crippen LogP contribution in [0, 0.1) is 0 Å². The minimum atomic E-state index is -0.770. The first-order valence-corrected chi connectivity index (χ1v) is 4.67. The van der Waals surface area contributed by atoms with E-state index in [-0.39, 0.29) is 5.91 Å². The molecular weight excluding hydrogens is 218 g/mol. The van der Waals surface area contributed by atoms with Gasteiger partial charge in [-0.3, -0.25) is 4.79 Å². The van der Waals surface area contributed by atoms with E-state index in [9.17, 15) is 4.79 Å². The largest absolute Gasteiger partial charge is 0.339 e. The Hall–Kier alpha value is -1.10. The zero-order chi connectivity index (χ0) is 11.3. The van der Waals surface area contributed by atoms with Crippen molar-refractivity contribution in [2.24, 2.45) is 0 Å². The lowest BCUT2D eigenvalue weighted by Crippen LogP contribution is -2.37. The maximum Gasteiger partial charge on any atom is 0.256 e. The Bertz CT molecular complexity index is 339. The molecule has 82 valence electrons. The number of hydrogen-bond acceptors (Lipinski definition) is 3. The number of methoxy groups -OCH3 is 2. The van der Waals surface area contributed by atoms with Crippen molar-refractivity contribution in [1.82, 2.24) is 5.32 Å². The Morgan fingerprint density at radius 1 is 1.33 bits per heavy atom. The number of carbonyl (C=O) groups is 1. The van der Waals surface area contributed by atoms with E-state index in [0.717, 1.165) is 0 Å². The zero-order valence-corrected chi connectivity index (χ0v) is 9.25. The topological polar surface area (TPSA) is 47.6 Å². The minimum absolute atomic E-state index is 0.339. The van der Waals surface area contributed by atoms with Crippen LogP contribution in [0.3, 0.4) is 0 Å². The number of hydrogen-bond donors (Lipinski definition) is 1. The Balaban J connectivity index is 2.73. The molecule has 5 heteroatoms. The Morgan fingerprint density at radius 2 is 1.93 bits per heavy atom. The highest BCUT2D eigenvalue weighted by Crippen LogP contribution is 2.14. The zero-order valence-electron chi connectivity index (χ0n) is 8.49. The molecule has 0 aliphatic rings. The van der Waals surface area contributed by atoms with Crippen LogP contribution in [0.1, 0.15) is 10.4 Å². The van der Waals surface area contributed by atoms with Crippen LogP contribution in [-0.4, -0.2) is 26.5 Å². The van der Waals surface area contributed by atoms with E-state index in [1.165, 1.54) is 14.2 Å². The van der Waals surface area contributed by atoms with Crippen molar-refractivity contribution in [3.8, 4) is 0 Å². The van der Waals surface area contributed by atoms with Crippen LogP contribution in [0.25, 0.3) is 0 Å². The summed E-state index contributed by atoms with van der Waals surface area (Å²) in [4.78, 5) is 11.6. The normalized spacial score (nSPS) is 10.4. The van der Waals surface area contributed by atoms with E-state index < -0.39 is 6.41 Å². The molecule has 0 unspecified atom stereocenters. The second-order valence-corrected chi connectivity index (χ2v) is 3.16. The van der Waals surface area contributed by atoms with Crippen molar-refractivity contribution < 1.29 is 14.3 Å². The van der Waals surface area contributed by atoms with Gasteiger partial charge in [0.1, 0.15) is 0 Å². The molecule has 1 rings (SSSR count). The second-order valence-electron chi connectivity index (χ2n) is 2.76. The third-order valence-electron chi connectivity index (χ3n) is 1.80. The van der Waals surface area contributed by atoms with E-state index in [2.05, 4.69) is 5.32 Å². The van der Waals surface area contributed by atoms with Crippen LogP contribution < -0.4 is 5.32 Å². The number of ether oxygens (including phenoxy) is 2. The highest BCUT2D eigenvalue weighted by Gasteiger charge is 2.13. The SMILES string of the molecule is COC(NC(=O)c1ccccc1Cl)OC. The Kier molecular flexibility index (Phi) is 4.55. The fourth-order valence-electron chi connectivity index (χ4n) is 1.04. The molecule has 0 aliphatic heterocycles. The molecule has 1 amide bonds. The smallest absolute Gasteiger partial charge is 0.256 e. The van der Waals surface area contributed by atoms with Crippen molar-refractivity contribution >= 4 is 17.5 Å². The van der Waals surface area contributed by atoms with Crippen LogP contribution in [0.2, 0.25) is 5.02 Å². The van der Waals surface area contributed by atoms with Crippen molar-refractivity contribution in [3.05, 3.63) is 34.9 Å². The summed E-state index contributed by atoms with van der Waals surface area (Å²) in [5.41, 5.74) is 0.387. The van der Waals surface area contributed by atoms with Gasteiger partial charge in [0, 0.05) is 14.2 Å². The molecule has 0 heterocycles. The monoisotopic (exact) mass is 229 g/mol. The van der Waals surface area contributed by atoms with Crippen molar-refractivity contribution in [2.45, 2.75) is 6.41 Å². The molecule has 0 saturated carbocycles. The maximum atomic E-state index is 11.6. The Labute approximate surface area is 93.1 Å². The fraction of sp³-hybridized carbons (Fsp3) is 0.300. The summed E-state index contributed by atoms with van der Waals surface area (Å²) in [5, 5.41) is 2.90. The molecule has 0 radical (unpaired) electrons. The summed E-state index contributed by atoms with van der Waals surface area (Å²) < 4.78 is 9.67. The van der Waals surface area contributed by atoms with Gasteiger partial charge in [0.25, 0.3) is 5.91 Å². The summed E-state index contributed by atoms with van der Waals surface area (Å²) in [5.74, 6) is -0.339. The average molecular weight is 230 g/mol. The molecule has 15 heavy (non-hydrogen) atoms. The molecule has 1 N–H and O–H groups in total. The molecule has 0 aromatic heterocycles. The van der Waals surface area contributed by atoms with Crippen LogP contribution in [0.5, 0.6) is 0 Å². The quantitative estimate of drug-likeness (QED) is 0.799. The summed E-state index contributed by atoms with van der Waals surface area (Å²) in [6.07, 6.45) is -0.770. The summed E-state index contributed by atoms with van der Waals surface area (Å²) in [6.45, 7) is 0. The first kappa shape index (κ1) is 12.0. The van der Waals surface area contributed by atoms with Gasteiger partial charge in [0.2, 0.25) is 6.41 Å². The maximum absolute atomic E-state index is 11.6. The van der Waals surface area contributed by atoms with Crippen molar-refractivity contribution in [1.29, 1.82) is 0 Å². The van der Waals surface area contributed by atoms with Gasteiger partial charge in [-0.2, -0.15) is 0 Å². The molecule has 1 aromatic carbocycles. The van der Waals surface area contributed by atoms with Gasteiger partial charge < -0.3 is 14.8 Å². The van der Waals surface area contributed by atoms with Crippen LogP contribution in [0.4, 0.5) is 0 Å². The van der Waals surface area contributed by atoms with Crippen LogP contribution in [0.15, 0.2) is 24.3 Å². The highest BCUT2D eigenvalue weighted by atomic mass is 35.5. The predicted molar refractivity (Wildman–Crippen MR) is 56.7 cm³/mol. The minimum Gasteiger partial charge on any atom is -0.339 e. The van der Waals surface area contributed by atoms with Crippen molar-refractivity contribution in [2.75, 3.05) is 14.2 Å². The fourth-order valence-corrected chi connectivity index (χ4v) is 1.27. The first-order chi connectivity index (χ1) is 7.19. The lowest BCUT2D eigenvalue weighted by Gasteiger charge is -2.15. The molecule has 4 nitrogen and oxygen atoms in total. The van der Waals surface area contributed by atoms with E-state index in [4.69, 9.17) is 21.1 Å². The molecule has 1 aromatic rings. The molecular formula is C10H12ClNO3. The van der Waals surface area contributed by atoms with Gasteiger partial charge in [-0.15, -0.1) is 0 Å². The van der Waals surface area contributed by atoms with Gasteiger partial charge in [-0.25, -0.2) is 0 Å². The number of carbonyl (C=O) groups excluding carboxylic acids is 1. The van der Waals surface area contributed by atoms with Crippen molar-refractivity contribution in [3.63, 3.8) is 0 Å². The highest BCUT2D eigenvalue weighted by molar-refractivity contribution is 6.33. The number of nitrogens with one attached hydrogen (secondary N) is 1. The van der Waals surface area contributed by atoms with Gasteiger partial charge in [0.05, 0.1) is 10.6 Å². The Morgan fingerprint density at radius 3 is 2.47 bits per heavy atom. The third-order valence-corrected chi connectivity index (χ3v) is 2.13. The summed E-state index contributed by atoms with van der Waals surface area (Å²) >= 11 is 5.85. The number of halogens is 1. The standard InChI is InChI=1S/C10H12ClNO3/c1-14-10(15-2)12-9(13)7-5-3-4-6-8(7)11/h3-6,10H,1-2H3,(H,12,13). The van der Waals surface area contributed by atoms with Crippen LogP contribution >= 0.6 is 11.6 Å². The summed E-state index contributed by atoms with van der Waals surface area (Å²) in [7, 11) is 2.86. The predicted octanol–water partition coefficient (Wildman–Crippen LogP) is 1.65. The number of rotatable bonds is 4. The first-order valence-electron chi connectivity index (χ1n) is 4.30. The molecule has 0 spiro atoms. The second kappa shape index (κ2) is 5.70. The lowest BCUT2D eigenvalue weighted by atomic mass is 10.2. The molecule has 0 bridgehead atoms. The van der Waals surface area contributed by atoms with Crippen LogP contribution in [-0.2, 0) is 9.47 Å². The molecule has 0 saturated heterocycles. The van der Waals surface area contributed by atoms with Gasteiger partial charge in [-0.05, 0) is 12.1 Å². The number of amides is 1. The average Bonchev–Trinajstić information content (AvgIpc) is 2.26. The molecule has 0 atom stereocenters. The van der Waals surface area contributed by atoms with Gasteiger partial charge in [-0.1, -0.05) is 23.7 Å². The van der Waals surface area contributed by atoms with E-state index in [0.29, 0.717) is 10.6 Å². The lowest BCUT2D eigenvalue weighted by molar-refractivity contribution is -0.115. The van der Waals surface area contributed by atoms with E-state index in [1.807, 2.05) is 0 Å². The summed E-state index contributed by atoms with van der Waals surface area (Å²) in [6, 6.07) is 6.75. The number of benzene rings is 1. The van der Waals surface area contributed by atoms with E-state index >= 15 is 0 Å². The van der Waals surface area contributed by atoms with E-state index in [1.54, 1.807) is 24.3 Å². The third kappa shape index (κ3) is 3.20. The van der Waals surface area contributed by atoms with Gasteiger partial charge in [0.15, 0.2) is 0 Å². The molecule has 0 aliphatic carbocycles.